The van der Waals surface area contributed by atoms with Crippen LogP contribution in [0.2, 0.25) is 5.02 Å². The molecule has 0 spiro atoms. The number of nitrogens with zero attached hydrogens (tertiary/aromatic N) is 1. The van der Waals surface area contributed by atoms with Gasteiger partial charge in [-0.15, -0.1) is 0 Å². The molecule has 0 saturated carbocycles. The number of aliphatic hydroxyl groups is 1. The van der Waals surface area contributed by atoms with Crippen LogP contribution in [0.1, 0.15) is 25.7 Å². The van der Waals surface area contributed by atoms with Crippen molar-refractivity contribution in [3.05, 3.63) is 29.3 Å². The van der Waals surface area contributed by atoms with Gasteiger partial charge in [-0.25, -0.2) is 4.79 Å². The van der Waals surface area contributed by atoms with Crippen LogP contribution in [0.3, 0.4) is 0 Å². The lowest BCUT2D eigenvalue weighted by molar-refractivity contribution is 0.0580. The van der Waals surface area contributed by atoms with Crippen molar-refractivity contribution in [1.82, 2.24) is 4.90 Å². The molecular formula is C14H17ClN2O2. The largest absolute Gasteiger partial charge is 0.393 e. The van der Waals surface area contributed by atoms with Gasteiger partial charge in [0.15, 0.2) is 0 Å². The summed E-state index contributed by atoms with van der Waals surface area (Å²) in [7, 11) is 0. The summed E-state index contributed by atoms with van der Waals surface area (Å²) in [4.78, 5) is 14.2. The number of para-hydroxylation sites is 1. The number of carbonyl (C=O) groups excluding carboxylic acids is 1. The van der Waals surface area contributed by atoms with E-state index in [1.165, 1.54) is 0 Å². The number of aliphatic hydroxyl groups excluding tert-OH is 1. The number of hydrogen-bond donors (Lipinski definition) is 2. The number of carbonyl (C=O) groups is 1. The zero-order valence-corrected chi connectivity index (χ0v) is 11.3. The molecular weight excluding hydrogens is 264 g/mol. The minimum absolute atomic E-state index is 0.104. The number of benzene rings is 1. The lowest BCUT2D eigenvalue weighted by atomic mass is 10.0. The van der Waals surface area contributed by atoms with Crippen molar-refractivity contribution in [2.75, 3.05) is 5.32 Å². The normalized spacial score (nSPS) is 29.4. The van der Waals surface area contributed by atoms with Crippen LogP contribution in [0.15, 0.2) is 24.3 Å². The third kappa shape index (κ3) is 2.42. The van der Waals surface area contributed by atoms with E-state index in [-0.39, 0.29) is 24.2 Å². The summed E-state index contributed by atoms with van der Waals surface area (Å²) < 4.78 is 0. The highest BCUT2D eigenvalue weighted by molar-refractivity contribution is 6.33. The van der Waals surface area contributed by atoms with Crippen LogP contribution < -0.4 is 5.32 Å². The number of urea groups is 1. The molecule has 1 aromatic rings. The van der Waals surface area contributed by atoms with E-state index in [0.29, 0.717) is 23.6 Å². The van der Waals surface area contributed by atoms with E-state index in [0.717, 1.165) is 12.8 Å². The Morgan fingerprint density at radius 1 is 1.26 bits per heavy atom. The van der Waals surface area contributed by atoms with Crippen molar-refractivity contribution >= 4 is 23.3 Å². The molecule has 2 atom stereocenters. The monoisotopic (exact) mass is 280 g/mol. The average molecular weight is 281 g/mol. The molecule has 1 aromatic carbocycles. The summed E-state index contributed by atoms with van der Waals surface area (Å²) in [6, 6.07) is 7.45. The summed E-state index contributed by atoms with van der Waals surface area (Å²) in [5.41, 5.74) is 0.639. The quantitative estimate of drug-likeness (QED) is 0.831. The van der Waals surface area contributed by atoms with E-state index in [1.54, 1.807) is 12.1 Å². The van der Waals surface area contributed by atoms with Gasteiger partial charge in [-0.05, 0) is 37.8 Å². The SMILES string of the molecule is O=C(Nc1ccccc1Cl)N1C2CCC1CC(O)C2. The second kappa shape index (κ2) is 5.02. The molecule has 2 unspecified atom stereocenters. The van der Waals surface area contributed by atoms with Gasteiger partial charge in [0, 0.05) is 12.1 Å². The molecule has 0 aliphatic carbocycles. The van der Waals surface area contributed by atoms with Gasteiger partial charge in [-0.2, -0.15) is 0 Å². The van der Waals surface area contributed by atoms with Gasteiger partial charge < -0.3 is 15.3 Å². The van der Waals surface area contributed by atoms with Crippen molar-refractivity contribution in [2.45, 2.75) is 43.9 Å². The average Bonchev–Trinajstić information content (AvgIpc) is 2.65. The van der Waals surface area contributed by atoms with Crippen LogP contribution in [-0.4, -0.2) is 34.2 Å². The molecule has 0 radical (unpaired) electrons. The third-order valence-corrected chi connectivity index (χ3v) is 4.39. The Balaban J connectivity index is 1.73. The van der Waals surface area contributed by atoms with Crippen LogP contribution in [0, 0.1) is 0 Å². The fourth-order valence-electron chi connectivity index (χ4n) is 3.22. The maximum absolute atomic E-state index is 12.4. The molecule has 2 heterocycles. The van der Waals surface area contributed by atoms with Crippen molar-refractivity contribution in [2.24, 2.45) is 0 Å². The van der Waals surface area contributed by atoms with Gasteiger partial charge in [0.05, 0.1) is 16.8 Å². The van der Waals surface area contributed by atoms with Crippen LogP contribution >= 0.6 is 11.6 Å². The second-order valence-corrected chi connectivity index (χ2v) is 5.73. The topological polar surface area (TPSA) is 52.6 Å². The van der Waals surface area contributed by atoms with Gasteiger partial charge in [-0.3, -0.25) is 0 Å². The lowest BCUT2D eigenvalue weighted by Gasteiger charge is -2.37. The standard InChI is InChI=1S/C14H17ClN2O2/c15-12-3-1-2-4-13(12)16-14(19)17-9-5-6-10(17)8-11(18)7-9/h1-4,9-11,18H,5-8H2,(H,16,19). The highest BCUT2D eigenvalue weighted by Gasteiger charge is 2.42. The molecule has 2 aliphatic rings. The number of hydrogen-bond acceptors (Lipinski definition) is 2. The number of halogens is 1. The predicted octanol–water partition coefficient (Wildman–Crippen LogP) is 2.86. The van der Waals surface area contributed by atoms with Crippen LogP contribution in [0.4, 0.5) is 10.5 Å². The number of amides is 2. The zero-order chi connectivity index (χ0) is 13.4. The van der Waals surface area contributed by atoms with Crippen LogP contribution in [0.25, 0.3) is 0 Å². The maximum Gasteiger partial charge on any atom is 0.322 e. The van der Waals surface area contributed by atoms with Gasteiger partial charge in [0.2, 0.25) is 0 Å². The molecule has 3 rings (SSSR count). The first-order valence-electron chi connectivity index (χ1n) is 6.67. The smallest absolute Gasteiger partial charge is 0.322 e. The number of piperidine rings is 1. The van der Waals surface area contributed by atoms with Crippen molar-refractivity contribution in [3.63, 3.8) is 0 Å². The Hall–Kier alpha value is -1.26. The Kier molecular flexibility index (Phi) is 3.37. The predicted molar refractivity (Wildman–Crippen MR) is 74.4 cm³/mol. The Morgan fingerprint density at radius 2 is 1.89 bits per heavy atom. The molecule has 102 valence electrons. The fourth-order valence-corrected chi connectivity index (χ4v) is 3.41. The molecule has 5 heteroatoms. The summed E-state index contributed by atoms with van der Waals surface area (Å²) >= 11 is 6.05. The van der Waals surface area contributed by atoms with Crippen molar-refractivity contribution < 1.29 is 9.90 Å². The van der Waals surface area contributed by atoms with E-state index < -0.39 is 0 Å². The lowest BCUT2D eigenvalue weighted by Crippen LogP contribution is -2.49. The van der Waals surface area contributed by atoms with Crippen LogP contribution in [0.5, 0.6) is 0 Å². The van der Waals surface area contributed by atoms with Gasteiger partial charge >= 0.3 is 6.03 Å². The number of anilines is 1. The Bertz CT molecular complexity index is 480. The zero-order valence-electron chi connectivity index (χ0n) is 10.6. The van der Waals surface area contributed by atoms with Crippen molar-refractivity contribution in [1.29, 1.82) is 0 Å². The van der Waals surface area contributed by atoms with Crippen molar-refractivity contribution in [3.8, 4) is 0 Å². The minimum Gasteiger partial charge on any atom is -0.393 e. The van der Waals surface area contributed by atoms with Crippen LogP contribution in [-0.2, 0) is 0 Å². The van der Waals surface area contributed by atoms with E-state index in [1.807, 2.05) is 17.0 Å². The molecule has 2 saturated heterocycles. The summed E-state index contributed by atoms with van der Waals surface area (Å²) in [5, 5.41) is 13.2. The van der Waals surface area contributed by atoms with Gasteiger partial charge in [0.1, 0.15) is 0 Å². The van der Waals surface area contributed by atoms with Gasteiger partial charge in [-0.1, -0.05) is 23.7 Å². The molecule has 4 nitrogen and oxygen atoms in total. The van der Waals surface area contributed by atoms with E-state index in [2.05, 4.69) is 5.32 Å². The first-order valence-corrected chi connectivity index (χ1v) is 7.05. The van der Waals surface area contributed by atoms with E-state index in [9.17, 15) is 9.90 Å². The summed E-state index contributed by atoms with van der Waals surface area (Å²) in [6.07, 6.45) is 3.08. The molecule has 0 aromatic heterocycles. The first kappa shape index (κ1) is 12.8. The molecule has 2 aliphatic heterocycles. The third-order valence-electron chi connectivity index (χ3n) is 4.06. The molecule has 19 heavy (non-hydrogen) atoms. The number of rotatable bonds is 1. The molecule has 2 N–H and O–H groups in total. The molecule has 2 bridgehead atoms. The minimum atomic E-state index is -0.262. The number of fused-ring (bicyclic) bond motifs is 2. The highest BCUT2D eigenvalue weighted by atomic mass is 35.5. The molecule has 2 fully saturated rings. The molecule has 2 amide bonds. The summed E-state index contributed by atoms with van der Waals surface area (Å²) in [5.74, 6) is 0. The first-order chi connectivity index (χ1) is 9.15. The highest BCUT2D eigenvalue weighted by Crippen LogP contribution is 2.36. The van der Waals surface area contributed by atoms with E-state index in [4.69, 9.17) is 11.6 Å². The second-order valence-electron chi connectivity index (χ2n) is 5.33. The Morgan fingerprint density at radius 3 is 2.53 bits per heavy atom. The maximum atomic E-state index is 12.4. The fraction of sp³-hybridized carbons (Fsp3) is 0.500. The van der Waals surface area contributed by atoms with E-state index >= 15 is 0 Å². The summed E-state index contributed by atoms with van der Waals surface area (Å²) in [6.45, 7) is 0. The number of nitrogens with one attached hydrogen (secondary N) is 1. The Labute approximate surface area is 117 Å². The van der Waals surface area contributed by atoms with Gasteiger partial charge in [0.25, 0.3) is 0 Å².